The monoisotopic (exact) mass is 210 g/mol. The highest BCUT2D eigenvalue weighted by Gasteiger charge is 2.22. The minimum Gasteiger partial charge on any atom is -0.308 e. The Morgan fingerprint density at radius 2 is 2.07 bits per heavy atom. The van der Waals surface area contributed by atoms with Crippen LogP contribution >= 0.6 is 0 Å². The molecule has 0 spiro atoms. The Morgan fingerprint density at radius 1 is 1.36 bits per heavy atom. The summed E-state index contributed by atoms with van der Waals surface area (Å²) in [6.45, 7) is 0.682. The molecule has 0 aliphatic carbocycles. The molecule has 1 aliphatic rings. The number of rotatable bonds is 1. The fourth-order valence-electron chi connectivity index (χ4n) is 1.71. The molecule has 0 saturated carbocycles. The van der Waals surface area contributed by atoms with Gasteiger partial charge >= 0.3 is 0 Å². The van der Waals surface area contributed by atoms with Gasteiger partial charge in [-0.3, -0.25) is 4.78 Å². The van der Waals surface area contributed by atoms with Crippen LogP contribution in [0, 0.1) is 4.78 Å². The van der Waals surface area contributed by atoms with E-state index in [1.54, 1.807) is 0 Å². The van der Waals surface area contributed by atoms with Gasteiger partial charge in [-0.2, -0.15) is 0 Å². The third kappa shape index (κ3) is 2.13. The van der Waals surface area contributed by atoms with Gasteiger partial charge in [-0.25, -0.2) is 4.21 Å². The molecule has 1 saturated heterocycles. The van der Waals surface area contributed by atoms with Crippen LogP contribution in [0.4, 0.5) is 0 Å². The van der Waals surface area contributed by atoms with Gasteiger partial charge in [0.15, 0.2) is 0 Å². The maximum atomic E-state index is 11.6. The van der Waals surface area contributed by atoms with E-state index in [-0.39, 0.29) is 6.04 Å². The number of hydrogen-bond acceptors (Lipinski definition) is 3. The number of benzene rings is 1. The van der Waals surface area contributed by atoms with Crippen molar-refractivity contribution in [3.63, 3.8) is 0 Å². The normalized spacial score (nSPS) is 32.7. The Hall–Kier alpha value is -0.870. The molecule has 4 heteroatoms. The molecule has 2 N–H and O–H groups in total. The lowest BCUT2D eigenvalue weighted by Gasteiger charge is -2.25. The van der Waals surface area contributed by atoms with Crippen molar-refractivity contribution >= 4 is 9.73 Å². The van der Waals surface area contributed by atoms with Crippen molar-refractivity contribution in [1.29, 1.82) is 4.78 Å². The average molecular weight is 210 g/mol. The summed E-state index contributed by atoms with van der Waals surface area (Å²) in [5.41, 5.74) is 1.13. The molecule has 2 unspecified atom stereocenters. The predicted octanol–water partition coefficient (Wildman–Crippen LogP) is 1.38. The topological polar surface area (TPSA) is 53.0 Å². The van der Waals surface area contributed by atoms with Gasteiger partial charge in [-0.05, 0) is 5.56 Å². The zero-order valence-electron chi connectivity index (χ0n) is 7.90. The SMILES string of the molecule is N=S1(=O)CCNC(c2ccccc2)C1. The first kappa shape index (κ1) is 9.68. The lowest BCUT2D eigenvalue weighted by atomic mass is 10.1. The zero-order chi connectivity index (χ0) is 10.0. The summed E-state index contributed by atoms with van der Waals surface area (Å²) in [5, 5.41) is 3.29. The van der Waals surface area contributed by atoms with Gasteiger partial charge < -0.3 is 5.32 Å². The smallest absolute Gasteiger partial charge is 0.0511 e. The summed E-state index contributed by atoms with van der Waals surface area (Å²) < 4.78 is 19.2. The van der Waals surface area contributed by atoms with Crippen LogP contribution < -0.4 is 5.32 Å². The Labute approximate surface area is 84.5 Å². The first-order chi connectivity index (χ1) is 6.67. The Bertz CT molecular complexity index is 399. The summed E-state index contributed by atoms with van der Waals surface area (Å²) >= 11 is 0. The fourth-order valence-corrected chi connectivity index (χ4v) is 3.17. The average Bonchev–Trinajstić information content (AvgIpc) is 2.18. The van der Waals surface area contributed by atoms with Gasteiger partial charge in [0.2, 0.25) is 0 Å². The van der Waals surface area contributed by atoms with E-state index >= 15 is 0 Å². The van der Waals surface area contributed by atoms with Crippen LogP contribution in [0.25, 0.3) is 0 Å². The van der Waals surface area contributed by atoms with Gasteiger partial charge in [0, 0.05) is 28.1 Å². The van der Waals surface area contributed by atoms with Gasteiger partial charge in [0.25, 0.3) is 0 Å². The van der Waals surface area contributed by atoms with Crippen LogP contribution in [0.3, 0.4) is 0 Å². The molecule has 2 atom stereocenters. The van der Waals surface area contributed by atoms with Crippen LogP contribution in [0.5, 0.6) is 0 Å². The van der Waals surface area contributed by atoms with E-state index in [0.717, 1.165) is 5.56 Å². The van der Waals surface area contributed by atoms with Gasteiger partial charge in [-0.15, -0.1) is 0 Å². The molecule has 14 heavy (non-hydrogen) atoms. The van der Waals surface area contributed by atoms with Crippen molar-refractivity contribution in [2.24, 2.45) is 0 Å². The number of nitrogens with one attached hydrogen (secondary N) is 2. The summed E-state index contributed by atoms with van der Waals surface area (Å²) in [7, 11) is -2.34. The maximum absolute atomic E-state index is 11.6. The molecule has 0 radical (unpaired) electrons. The number of hydrogen-bond donors (Lipinski definition) is 2. The lowest BCUT2D eigenvalue weighted by molar-refractivity contribution is 0.566. The molecule has 1 aromatic carbocycles. The quantitative estimate of drug-likeness (QED) is 0.735. The third-order valence-corrected chi connectivity index (χ3v) is 4.20. The lowest BCUT2D eigenvalue weighted by Crippen LogP contribution is -2.38. The van der Waals surface area contributed by atoms with E-state index < -0.39 is 9.73 Å². The molecule has 2 rings (SSSR count). The zero-order valence-corrected chi connectivity index (χ0v) is 8.72. The molecule has 1 fully saturated rings. The molecular formula is C10H14N2OS. The standard InChI is InChI=1S/C10H14N2OS/c11-14(13)7-6-12-10(8-14)9-4-2-1-3-5-9/h1-5,10-12H,6-8H2. The highest BCUT2D eigenvalue weighted by molar-refractivity contribution is 7.92. The van der Waals surface area contributed by atoms with E-state index in [2.05, 4.69) is 5.32 Å². The van der Waals surface area contributed by atoms with Crippen LogP contribution in [0.2, 0.25) is 0 Å². The van der Waals surface area contributed by atoms with Crippen molar-refractivity contribution in [3.8, 4) is 0 Å². The second-order valence-electron chi connectivity index (χ2n) is 3.60. The molecule has 1 aliphatic heterocycles. The second kappa shape index (κ2) is 3.71. The minimum absolute atomic E-state index is 0.0925. The van der Waals surface area contributed by atoms with Crippen molar-refractivity contribution in [2.45, 2.75) is 6.04 Å². The van der Waals surface area contributed by atoms with Crippen LogP contribution in [-0.2, 0) is 9.73 Å². The second-order valence-corrected chi connectivity index (χ2v) is 5.97. The molecule has 0 amide bonds. The molecule has 1 aromatic rings. The fraction of sp³-hybridized carbons (Fsp3) is 0.400. The summed E-state index contributed by atoms with van der Waals surface area (Å²) in [6, 6.07) is 10.0. The van der Waals surface area contributed by atoms with Crippen molar-refractivity contribution in [1.82, 2.24) is 5.32 Å². The van der Waals surface area contributed by atoms with Crippen molar-refractivity contribution in [2.75, 3.05) is 18.1 Å². The Balaban J connectivity index is 2.21. The Morgan fingerprint density at radius 3 is 2.71 bits per heavy atom. The van der Waals surface area contributed by atoms with Gasteiger partial charge in [-0.1, -0.05) is 30.3 Å². The molecule has 1 heterocycles. The van der Waals surface area contributed by atoms with Crippen LogP contribution in [0.15, 0.2) is 30.3 Å². The van der Waals surface area contributed by atoms with E-state index in [0.29, 0.717) is 18.1 Å². The highest BCUT2D eigenvalue weighted by atomic mass is 32.2. The van der Waals surface area contributed by atoms with E-state index in [4.69, 9.17) is 4.78 Å². The molecule has 0 aromatic heterocycles. The molecule has 76 valence electrons. The highest BCUT2D eigenvalue weighted by Crippen LogP contribution is 2.18. The van der Waals surface area contributed by atoms with Crippen LogP contribution in [0.1, 0.15) is 11.6 Å². The Kier molecular flexibility index (Phi) is 2.56. The van der Waals surface area contributed by atoms with Crippen LogP contribution in [-0.4, -0.2) is 22.3 Å². The molecule has 0 bridgehead atoms. The van der Waals surface area contributed by atoms with Crippen molar-refractivity contribution in [3.05, 3.63) is 35.9 Å². The van der Waals surface area contributed by atoms with E-state index in [1.807, 2.05) is 30.3 Å². The summed E-state index contributed by atoms with van der Waals surface area (Å²) in [5.74, 6) is 0.924. The van der Waals surface area contributed by atoms with Gasteiger partial charge in [0.1, 0.15) is 0 Å². The minimum atomic E-state index is -2.34. The first-order valence-corrected chi connectivity index (χ1v) is 6.59. The van der Waals surface area contributed by atoms with E-state index in [1.165, 1.54) is 0 Å². The maximum Gasteiger partial charge on any atom is 0.0511 e. The third-order valence-electron chi connectivity index (χ3n) is 2.46. The summed E-state index contributed by atoms with van der Waals surface area (Å²) in [6.07, 6.45) is 0. The summed E-state index contributed by atoms with van der Waals surface area (Å²) in [4.78, 5) is 0. The predicted molar refractivity (Wildman–Crippen MR) is 57.8 cm³/mol. The largest absolute Gasteiger partial charge is 0.308 e. The van der Waals surface area contributed by atoms with Crippen molar-refractivity contribution < 1.29 is 4.21 Å². The molecular weight excluding hydrogens is 196 g/mol. The van der Waals surface area contributed by atoms with Gasteiger partial charge in [0.05, 0.1) is 5.75 Å². The molecule has 3 nitrogen and oxygen atoms in total. The first-order valence-electron chi connectivity index (χ1n) is 4.70. The van der Waals surface area contributed by atoms with E-state index in [9.17, 15) is 4.21 Å².